The van der Waals surface area contributed by atoms with Gasteiger partial charge in [-0.15, -0.1) is 0 Å². The first kappa shape index (κ1) is 23.5. The molecule has 1 saturated heterocycles. The van der Waals surface area contributed by atoms with Gasteiger partial charge in [0.05, 0.1) is 21.3 Å². The number of anilines is 1. The molecule has 0 aliphatic carbocycles. The van der Waals surface area contributed by atoms with Crippen molar-refractivity contribution in [2.45, 2.75) is 13.8 Å². The lowest BCUT2D eigenvalue weighted by Gasteiger charge is -2.16. The Morgan fingerprint density at radius 1 is 0.886 bits per heavy atom. The summed E-state index contributed by atoms with van der Waals surface area (Å²) >= 11 is 13.7. The van der Waals surface area contributed by atoms with Crippen molar-refractivity contribution in [1.29, 1.82) is 0 Å². The lowest BCUT2D eigenvalue weighted by molar-refractivity contribution is -0.113. The third-order valence-electron chi connectivity index (χ3n) is 5.45. The van der Waals surface area contributed by atoms with Crippen molar-refractivity contribution in [3.8, 4) is 11.3 Å². The molecule has 3 aromatic carbocycles. The predicted molar refractivity (Wildman–Crippen MR) is 147 cm³/mol. The van der Waals surface area contributed by atoms with Gasteiger partial charge in [0.15, 0.2) is 5.17 Å². The zero-order valence-electron chi connectivity index (χ0n) is 19.0. The number of amides is 1. The smallest absolute Gasteiger partial charge is 0.271 e. The summed E-state index contributed by atoms with van der Waals surface area (Å²) in [4.78, 5) is 20.4. The van der Waals surface area contributed by atoms with E-state index in [0.29, 0.717) is 31.6 Å². The quantitative estimate of drug-likeness (QED) is 0.254. The van der Waals surface area contributed by atoms with E-state index in [1.165, 1.54) is 11.8 Å². The second kappa shape index (κ2) is 9.78. The molecule has 2 heterocycles. The molecule has 0 saturated carbocycles. The summed E-state index contributed by atoms with van der Waals surface area (Å²) < 4.78 is 6.00. The number of aryl methyl sites for hydroxylation is 2. The van der Waals surface area contributed by atoms with Gasteiger partial charge in [0, 0.05) is 16.7 Å². The largest absolute Gasteiger partial charge is 0.457 e. The standard InChI is InChI=1S/C28H20Cl2N2O2S/c1-17-3-8-20(9-4-17)31-28-32(21-10-5-18(2)6-11-21)27(33)26(35-28)16-22-12-14-25(34-22)23-13-7-19(29)15-24(23)30/h3-16H,1-2H3/b26-16+,31-28?. The zero-order chi connectivity index (χ0) is 24.5. The Bertz CT molecular complexity index is 1470. The molecule has 1 fully saturated rings. The monoisotopic (exact) mass is 518 g/mol. The molecule has 0 N–H and O–H groups in total. The van der Waals surface area contributed by atoms with Crippen molar-refractivity contribution >= 4 is 63.5 Å². The van der Waals surface area contributed by atoms with Crippen molar-refractivity contribution in [3.63, 3.8) is 0 Å². The molecule has 5 rings (SSSR count). The molecule has 4 aromatic rings. The zero-order valence-corrected chi connectivity index (χ0v) is 21.3. The van der Waals surface area contributed by atoms with Gasteiger partial charge >= 0.3 is 0 Å². The lowest BCUT2D eigenvalue weighted by Crippen LogP contribution is -2.28. The normalized spacial score (nSPS) is 16.0. The topological polar surface area (TPSA) is 45.8 Å². The number of nitrogens with zero attached hydrogens (tertiary/aromatic N) is 2. The molecule has 4 nitrogen and oxygen atoms in total. The van der Waals surface area contributed by atoms with Crippen LogP contribution in [0.25, 0.3) is 17.4 Å². The Hall–Kier alpha value is -3.25. The number of aliphatic imine (C=N–C) groups is 1. The Morgan fingerprint density at radius 3 is 2.26 bits per heavy atom. The van der Waals surface area contributed by atoms with E-state index in [2.05, 4.69) is 0 Å². The van der Waals surface area contributed by atoms with Crippen LogP contribution in [0.4, 0.5) is 11.4 Å². The van der Waals surface area contributed by atoms with Crippen molar-refractivity contribution in [2.24, 2.45) is 4.99 Å². The van der Waals surface area contributed by atoms with Gasteiger partial charge in [-0.3, -0.25) is 9.69 Å². The molecule has 7 heteroatoms. The van der Waals surface area contributed by atoms with Gasteiger partial charge in [0.25, 0.3) is 5.91 Å². The maximum absolute atomic E-state index is 13.5. The molecular formula is C28H20Cl2N2O2S. The van der Waals surface area contributed by atoms with Crippen molar-refractivity contribution in [3.05, 3.63) is 111 Å². The summed E-state index contributed by atoms with van der Waals surface area (Å²) in [7, 11) is 0. The van der Waals surface area contributed by atoms with E-state index in [4.69, 9.17) is 32.6 Å². The first-order chi connectivity index (χ1) is 16.9. The van der Waals surface area contributed by atoms with Gasteiger partial charge in [-0.25, -0.2) is 4.99 Å². The summed E-state index contributed by atoms with van der Waals surface area (Å²) in [5.74, 6) is 0.979. The van der Waals surface area contributed by atoms with Gasteiger partial charge in [-0.2, -0.15) is 0 Å². The summed E-state index contributed by atoms with van der Waals surface area (Å²) in [6.07, 6.45) is 1.74. The average Bonchev–Trinajstić information content (AvgIpc) is 3.41. The van der Waals surface area contributed by atoms with Crippen molar-refractivity contribution < 1.29 is 9.21 Å². The van der Waals surface area contributed by atoms with E-state index < -0.39 is 0 Å². The Morgan fingerprint density at radius 2 is 1.57 bits per heavy atom. The predicted octanol–water partition coefficient (Wildman–Crippen LogP) is 8.68. The molecule has 174 valence electrons. The number of furan rings is 1. The number of rotatable bonds is 4. The van der Waals surface area contributed by atoms with Crippen LogP contribution >= 0.6 is 35.0 Å². The fraction of sp³-hybridized carbons (Fsp3) is 0.0714. The highest BCUT2D eigenvalue weighted by molar-refractivity contribution is 8.19. The second-order valence-electron chi connectivity index (χ2n) is 8.14. The van der Waals surface area contributed by atoms with Crippen LogP contribution in [0, 0.1) is 13.8 Å². The highest BCUT2D eigenvalue weighted by Gasteiger charge is 2.35. The maximum atomic E-state index is 13.5. The molecule has 0 bridgehead atoms. The van der Waals surface area contributed by atoms with Gasteiger partial charge in [-0.1, -0.05) is 58.6 Å². The number of carbonyl (C=O) groups excluding carboxylic acids is 1. The molecule has 35 heavy (non-hydrogen) atoms. The Balaban J connectivity index is 1.51. The van der Waals surface area contributed by atoms with E-state index in [-0.39, 0.29) is 5.91 Å². The summed E-state index contributed by atoms with van der Waals surface area (Å²) in [5, 5.41) is 1.63. The molecule has 1 amide bonds. The third kappa shape index (κ3) is 5.08. The molecule has 0 atom stereocenters. The number of thioether (sulfide) groups is 1. The minimum atomic E-state index is -0.160. The molecule has 0 radical (unpaired) electrons. The third-order valence-corrected chi connectivity index (χ3v) is 6.97. The SMILES string of the molecule is Cc1ccc(N=C2S/C(=C/c3ccc(-c4ccc(Cl)cc4Cl)o3)C(=O)N2c2ccc(C)cc2)cc1. The van der Waals surface area contributed by atoms with Gasteiger partial charge < -0.3 is 4.42 Å². The Kier molecular flexibility index (Phi) is 6.56. The van der Waals surface area contributed by atoms with Crippen LogP contribution in [0.1, 0.15) is 16.9 Å². The van der Waals surface area contributed by atoms with Crippen LogP contribution in [0.3, 0.4) is 0 Å². The number of benzene rings is 3. The van der Waals surface area contributed by atoms with Crippen LogP contribution in [-0.4, -0.2) is 11.1 Å². The van der Waals surface area contributed by atoms with Gasteiger partial charge in [0.1, 0.15) is 11.5 Å². The lowest BCUT2D eigenvalue weighted by atomic mass is 10.2. The van der Waals surface area contributed by atoms with Crippen LogP contribution in [0.5, 0.6) is 0 Å². The van der Waals surface area contributed by atoms with Crippen molar-refractivity contribution in [2.75, 3.05) is 4.90 Å². The van der Waals surface area contributed by atoms with E-state index >= 15 is 0 Å². The van der Waals surface area contributed by atoms with Crippen LogP contribution in [0.2, 0.25) is 10.0 Å². The average molecular weight is 519 g/mol. The summed E-state index contributed by atoms with van der Waals surface area (Å²) in [6, 6.07) is 24.6. The molecule has 0 spiro atoms. The van der Waals surface area contributed by atoms with Crippen molar-refractivity contribution in [1.82, 2.24) is 0 Å². The van der Waals surface area contributed by atoms with Crippen LogP contribution < -0.4 is 4.90 Å². The number of halogens is 2. The molecule has 1 aliphatic rings. The highest BCUT2D eigenvalue weighted by Crippen LogP contribution is 2.38. The molecule has 0 unspecified atom stereocenters. The van der Waals surface area contributed by atoms with Gasteiger partial charge in [-0.05, 0) is 80.2 Å². The number of carbonyl (C=O) groups is 1. The highest BCUT2D eigenvalue weighted by atomic mass is 35.5. The van der Waals surface area contributed by atoms with Gasteiger partial charge in [0.2, 0.25) is 0 Å². The second-order valence-corrected chi connectivity index (χ2v) is 10.00. The van der Waals surface area contributed by atoms with E-state index in [9.17, 15) is 4.79 Å². The van der Waals surface area contributed by atoms with Crippen LogP contribution in [0.15, 0.2) is 93.2 Å². The molecule has 1 aromatic heterocycles. The first-order valence-electron chi connectivity index (χ1n) is 10.9. The molecule has 1 aliphatic heterocycles. The minimum absolute atomic E-state index is 0.160. The van der Waals surface area contributed by atoms with E-state index in [1.807, 2.05) is 74.5 Å². The number of hydrogen-bond donors (Lipinski definition) is 0. The fourth-order valence-electron chi connectivity index (χ4n) is 3.59. The fourth-order valence-corrected chi connectivity index (χ4v) is 5.08. The van der Waals surface area contributed by atoms with E-state index in [0.717, 1.165) is 28.1 Å². The summed E-state index contributed by atoms with van der Waals surface area (Å²) in [5.41, 5.74) is 4.53. The Labute approximate surface area is 217 Å². The maximum Gasteiger partial charge on any atom is 0.271 e. The molecular weight excluding hydrogens is 499 g/mol. The summed E-state index contributed by atoms with van der Waals surface area (Å²) in [6.45, 7) is 4.04. The first-order valence-corrected chi connectivity index (χ1v) is 12.5. The van der Waals surface area contributed by atoms with E-state index in [1.54, 1.807) is 29.2 Å². The number of hydrogen-bond acceptors (Lipinski definition) is 4. The minimum Gasteiger partial charge on any atom is -0.457 e. The van der Waals surface area contributed by atoms with Crippen LogP contribution in [-0.2, 0) is 4.79 Å². The number of amidine groups is 1.